The molecular formula is C26H27NO4. The van der Waals surface area contributed by atoms with Gasteiger partial charge in [0.25, 0.3) is 5.91 Å². The summed E-state index contributed by atoms with van der Waals surface area (Å²) < 4.78 is 5.68. The van der Waals surface area contributed by atoms with Gasteiger partial charge in [-0.1, -0.05) is 37.3 Å². The number of aryl methyl sites for hydroxylation is 1. The number of aromatic carboxylic acids is 1. The van der Waals surface area contributed by atoms with Gasteiger partial charge in [-0.15, -0.1) is 0 Å². The maximum Gasteiger partial charge on any atom is 0.335 e. The lowest BCUT2D eigenvalue weighted by atomic mass is 10.1. The fourth-order valence-electron chi connectivity index (χ4n) is 3.43. The van der Waals surface area contributed by atoms with Crippen molar-refractivity contribution in [1.82, 2.24) is 0 Å². The average molecular weight is 418 g/mol. The number of carbonyl (C=O) groups is 2. The van der Waals surface area contributed by atoms with Crippen molar-refractivity contribution in [3.05, 3.63) is 95.1 Å². The third kappa shape index (κ3) is 5.51. The minimum atomic E-state index is -0.991. The van der Waals surface area contributed by atoms with Gasteiger partial charge in [0, 0.05) is 11.3 Å². The van der Waals surface area contributed by atoms with Crippen molar-refractivity contribution in [2.24, 2.45) is 0 Å². The summed E-state index contributed by atoms with van der Waals surface area (Å²) in [5, 5.41) is 9.33. The smallest absolute Gasteiger partial charge is 0.335 e. The molecule has 0 bridgehead atoms. The van der Waals surface area contributed by atoms with Crippen molar-refractivity contribution in [2.75, 3.05) is 4.90 Å². The Labute approximate surface area is 182 Å². The Hall–Kier alpha value is -3.60. The fourth-order valence-corrected chi connectivity index (χ4v) is 3.43. The summed E-state index contributed by atoms with van der Waals surface area (Å²) in [5.41, 5.74) is 3.35. The molecule has 0 aliphatic carbocycles. The van der Waals surface area contributed by atoms with Gasteiger partial charge in [0.2, 0.25) is 0 Å². The molecule has 1 N–H and O–H groups in total. The molecule has 0 radical (unpaired) electrons. The molecule has 0 saturated carbocycles. The van der Waals surface area contributed by atoms with E-state index in [0.29, 0.717) is 11.3 Å². The van der Waals surface area contributed by atoms with E-state index >= 15 is 0 Å². The second-order valence-electron chi connectivity index (χ2n) is 7.57. The molecule has 0 aromatic heterocycles. The summed E-state index contributed by atoms with van der Waals surface area (Å²) in [6, 6.07) is 21.6. The van der Waals surface area contributed by atoms with Crippen molar-refractivity contribution in [2.45, 2.75) is 39.8 Å². The standard InChI is InChI=1S/C26H27NO4/c1-4-20-9-5-6-11-24(20)27(17-19-8-7-10-22(16-19)26(29)30)25(28)21-12-14-23(15-13-21)31-18(2)3/h5-16,18H,4,17H2,1-3H3,(H,29,30). The summed E-state index contributed by atoms with van der Waals surface area (Å²) >= 11 is 0. The van der Waals surface area contributed by atoms with E-state index in [-0.39, 0.29) is 24.1 Å². The van der Waals surface area contributed by atoms with Crippen molar-refractivity contribution in [1.29, 1.82) is 0 Å². The number of benzene rings is 3. The van der Waals surface area contributed by atoms with Crippen LogP contribution >= 0.6 is 0 Å². The molecule has 0 fully saturated rings. The van der Waals surface area contributed by atoms with Crippen LogP contribution in [0.1, 0.15) is 52.6 Å². The number of carbonyl (C=O) groups excluding carboxylic acids is 1. The zero-order valence-corrected chi connectivity index (χ0v) is 18.0. The van der Waals surface area contributed by atoms with Gasteiger partial charge in [0.1, 0.15) is 5.75 Å². The first kappa shape index (κ1) is 22.1. The molecule has 3 rings (SSSR count). The van der Waals surface area contributed by atoms with Crippen LogP contribution in [0.25, 0.3) is 0 Å². The van der Waals surface area contributed by atoms with E-state index in [4.69, 9.17) is 4.74 Å². The van der Waals surface area contributed by atoms with Crippen LogP contribution in [0, 0.1) is 0 Å². The van der Waals surface area contributed by atoms with Crippen LogP contribution in [0.15, 0.2) is 72.8 Å². The third-order valence-electron chi connectivity index (χ3n) is 4.90. The van der Waals surface area contributed by atoms with E-state index in [0.717, 1.165) is 23.2 Å². The molecular weight excluding hydrogens is 390 g/mol. The lowest BCUT2D eigenvalue weighted by Gasteiger charge is -2.26. The van der Waals surface area contributed by atoms with E-state index < -0.39 is 5.97 Å². The predicted octanol–water partition coefficient (Wildman–Crippen LogP) is 5.58. The topological polar surface area (TPSA) is 66.8 Å². The minimum Gasteiger partial charge on any atom is -0.491 e. The zero-order valence-electron chi connectivity index (χ0n) is 18.0. The van der Waals surface area contributed by atoms with Crippen LogP contribution in [-0.2, 0) is 13.0 Å². The molecule has 31 heavy (non-hydrogen) atoms. The van der Waals surface area contributed by atoms with Gasteiger partial charge in [0.05, 0.1) is 18.2 Å². The summed E-state index contributed by atoms with van der Waals surface area (Å²) in [4.78, 5) is 26.6. The quantitative estimate of drug-likeness (QED) is 0.519. The van der Waals surface area contributed by atoms with Crippen LogP contribution in [0.2, 0.25) is 0 Å². The van der Waals surface area contributed by atoms with Crippen molar-refractivity contribution < 1.29 is 19.4 Å². The van der Waals surface area contributed by atoms with Crippen LogP contribution in [-0.4, -0.2) is 23.1 Å². The number of hydrogen-bond donors (Lipinski definition) is 1. The number of carboxylic acids is 1. The number of rotatable bonds is 8. The fraction of sp³-hybridized carbons (Fsp3) is 0.231. The molecule has 0 saturated heterocycles. The van der Waals surface area contributed by atoms with E-state index in [2.05, 4.69) is 0 Å². The third-order valence-corrected chi connectivity index (χ3v) is 4.90. The molecule has 5 nitrogen and oxygen atoms in total. The van der Waals surface area contributed by atoms with Gasteiger partial charge >= 0.3 is 5.97 Å². The highest BCUT2D eigenvalue weighted by atomic mass is 16.5. The number of hydrogen-bond acceptors (Lipinski definition) is 3. The number of para-hydroxylation sites is 1. The van der Waals surface area contributed by atoms with E-state index in [1.165, 1.54) is 0 Å². The van der Waals surface area contributed by atoms with Crippen LogP contribution in [0.3, 0.4) is 0 Å². The number of amides is 1. The van der Waals surface area contributed by atoms with Gasteiger partial charge < -0.3 is 14.7 Å². The first-order valence-corrected chi connectivity index (χ1v) is 10.4. The van der Waals surface area contributed by atoms with E-state index in [1.807, 2.05) is 51.1 Å². The van der Waals surface area contributed by atoms with Gasteiger partial charge in [0.15, 0.2) is 0 Å². The molecule has 0 atom stereocenters. The van der Waals surface area contributed by atoms with Crippen LogP contribution in [0.4, 0.5) is 5.69 Å². The van der Waals surface area contributed by atoms with Crippen molar-refractivity contribution >= 4 is 17.6 Å². The number of carboxylic acid groups (broad SMARTS) is 1. The predicted molar refractivity (Wildman–Crippen MR) is 122 cm³/mol. The first-order chi connectivity index (χ1) is 14.9. The van der Waals surface area contributed by atoms with Gasteiger partial charge in [-0.05, 0) is 73.9 Å². The van der Waals surface area contributed by atoms with Gasteiger partial charge in [-0.2, -0.15) is 0 Å². The second kappa shape index (κ2) is 9.94. The Kier molecular flexibility index (Phi) is 7.08. The largest absolute Gasteiger partial charge is 0.491 e. The highest BCUT2D eigenvalue weighted by Crippen LogP contribution is 2.26. The summed E-state index contributed by atoms with van der Waals surface area (Å²) in [5.74, 6) is -0.437. The van der Waals surface area contributed by atoms with Crippen molar-refractivity contribution in [3.63, 3.8) is 0 Å². The van der Waals surface area contributed by atoms with Crippen LogP contribution < -0.4 is 9.64 Å². The minimum absolute atomic E-state index is 0.0518. The molecule has 0 aliphatic heterocycles. The lowest BCUT2D eigenvalue weighted by molar-refractivity contribution is 0.0696. The molecule has 0 spiro atoms. The highest BCUT2D eigenvalue weighted by molar-refractivity contribution is 6.06. The molecule has 0 aliphatic rings. The van der Waals surface area contributed by atoms with Crippen LogP contribution in [0.5, 0.6) is 5.75 Å². The number of anilines is 1. The molecule has 1 amide bonds. The maximum absolute atomic E-state index is 13.5. The Bertz CT molecular complexity index is 1060. The first-order valence-electron chi connectivity index (χ1n) is 10.4. The Morgan fingerprint density at radius 2 is 1.65 bits per heavy atom. The number of nitrogens with zero attached hydrogens (tertiary/aromatic N) is 1. The summed E-state index contributed by atoms with van der Waals surface area (Å²) in [6.45, 7) is 6.22. The van der Waals surface area contributed by atoms with Crippen molar-refractivity contribution in [3.8, 4) is 5.75 Å². The zero-order chi connectivity index (χ0) is 22.4. The molecule has 0 heterocycles. The molecule has 0 unspecified atom stereocenters. The normalized spacial score (nSPS) is 10.7. The maximum atomic E-state index is 13.5. The second-order valence-corrected chi connectivity index (χ2v) is 7.57. The summed E-state index contributed by atoms with van der Waals surface area (Å²) in [7, 11) is 0. The molecule has 5 heteroatoms. The Morgan fingerprint density at radius 3 is 2.29 bits per heavy atom. The lowest BCUT2D eigenvalue weighted by Crippen LogP contribution is -2.31. The Morgan fingerprint density at radius 1 is 0.935 bits per heavy atom. The van der Waals surface area contributed by atoms with Gasteiger partial charge in [-0.3, -0.25) is 4.79 Å². The average Bonchev–Trinajstić information content (AvgIpc) is 2.77. The number of ether oxygens (including phenoxy) is 1. The van der Waals surface area contributed by atoms with Gasteiger partial charge in [-0.25, -0.2) is 4.79 Å². The monoisotopic (exact) mass is 417 g/mol. The molecule has 160 valence electrons. The van der Waals surface area contributed by atoms with E-state index in [9.17, 15) is 14.7 Å². The SMILES string of the molecule is CCc1ccccc1N(Cc1cccc(C(=O)O)c1)C(=O)c1ccc(OC(C)C)cc1. The Balaban J connectivity index is 1.98. The highest BCUT2D eigenvalue weighted by Gasteiger charge is 2.21. The summed E-state index contributed by atoms with van der Waals surface area (Å²) in [6.07, 6.45) is 0.826. The van der Waals surface area contributed by atoms with E-state index in [1.54, 1.807) is 47.4 Å². The molecule has 3 aromatic carbocycles. The molecule has 3 aromatic rings.